The van der Waals surface area contributed by atoms with Crippen LogP contribution in [0.25, 0.3) is 11.6 Å². The topological polar surface area (TPSA) is 54.6 Å². The summed E-state index contributed by atoms with van der Waals surface area (Å²) in [7, 11) is 0. The first-order valence-electron chi connectivity index (χ1n) is 6.02. The summed E-state index contributed by atoms with van der Waals surface area (Å²) >= 11 is 4.38. The molecular weight excluding hydrogens is 352 g/mol. The van der Waals surface area contributed by atoms with Gasteiger partial charge in [0, 0.05) is 21.8 Å². The first kappa shape index (κ1) is 13.9. The number of benzene rings is 1. The fourth-order valence-corrected chi connectivity index (χ4v) is 3.25. The molecule has 104 valence electrons. The average Bonchev–Trinajstić information content (AvgIpc) is 2.96. The number of aromatic nitrogens is 1. The Kier molecular flexibility index (Phi) is 3.53. The van der Waals surface area contributed by atoms with Gasteiger partial charge >= 0.3 is 4.87 Å². The van der Waals surface area contributed by atoms with Gasteiger partial charge < -0.3 is 5.11 Å². The lowest BCUT2D eigenvalue weighted by Gasteiger charge is -2.01. The van der Waals surface area contributed by atoms with Gasteiger partial charge in [-0.25, -0.2) is 0 Å². The molecule has 0 saturated carbocycles. The average molecular weight is 361 g/mol. The van der Waals surface area contributed by atoms with Crippen LogP contribution in [0.5, 0.6) is 5.88 Å². The molecule has 1 aromatic carbocycles. The molecule has 3 rings (SSSR count). The predicted molar refractivity (Wildman–Crippen MR) is 89.2 cm³/mol. The van der Waals surface area contributed by atoms with Gasteiger partial charge in [-0.1, -0.05) is 33.2 Å². The molecule has 4 nitrogen and oxygen atoms in total. The SMILES string of the molecule is C#CCn1c(O)c(/C=C2\C=Nc3ccc(Br)cc32)sc1=O. The van der Waals surface area contributed by atoms with E-state index in [1.807, 2.05) is 18.2 Å². The van der Waals surface area contributed by atoms with Crippen LogP contribution in [0.15, 0.2) is 32.5 Å². The normalized spacial score (nSPS) is 14.4. The number of allylic oxidation sites excluding steroid dienone is 1. The van der Waals surface area contributed by atoms with Crippen molar-refractivity contribution in [1.82, 2.24) is 4.57 Å². The number of fused-ring (bicyclic) bond motifs is 1. The molecule has 21 heavy (non-hydrogen) atoms. The Balaban J connectivity index is 2.08. The molecule has 1 N–H and O–H groups in total. The van der Waals surface area contributed by atoms with E-state index in [2.05, 4.69) is 26.8 Å². The monoisotopic (exact) mass is 360 g/mol. The first-order chi connectivity index (χ1) is 10.1. The van der Waals surface area contributed by atoms with Crippen LogP contribution >= 0.6 is 27.3 Å². The van der Waals surface area contributed by atoms with Gasteiger partial charge in [0.05, 0.1) is 17.1 Å². The molecule has 0 amide bonds. The molecular formula is C15H9BrN2O2S. The third kappa shape index (κ3) is 2.46. The van der Waals surface area contributed by atoms with Crippen LogP contribution in [0.3, 0.4) is 0 Å². The molecule has 0 unspecified atom stereocenters. The van der Waals surface area contributed by atoms with Crippen molar-refractivity contribution in [1.29, 1.82) is 0 Å². The maximum atomic E-state index is 11.8. The minimum Gasteiger partial charge on any atom is -0.493 e. The summed E-state index contributed by atoms with van der Waals surface area (Å²) in [5, 5.41) is 10.1. The Labute approximate surface area is 133 Å². The number of hydrogen-bond acceptors (Lipinski definition) is 4. The summed E-state index contributed by atoms with van der Waals surface area (Å²) in [5.74, 6) is 2.25. The number of aliphatic imine (C=N–C) groups is 1. The van der Waals surface area contributed by atoms with E-state index < -0.39 is 0 Å². The number of rotatable bonds is 2. The molecule has 2 heterocycles. The predicted octanol–water partition coefficient (Wildman–Crippen LogP) is 3.27. The zero-order valence-corrected chi connectivity index (χ0v) is 13.1. The van der Waals surface area contributed by atoms with Crippen molar-refractivity contribution in [3.05, 3.63) is 42.8 Å². The minimum absolute atomic E-state index is 0.0561. The summed E-state index contributed by atoms with van der Waals surface area (Å²) in [6.07, 6.45) is 8.65. The maximum Gasteiger partial charge on any atom is 0.311 e. The van der Waals surface area contributed by atoms with Gasteiger partial charge in [-0.3, -0.25) is 14.4 Å². The van der Waals surface area contributed by atoms with Gasteiger partial charge in [0.1, 0.15) is 0 Å². The third-order valence-electron chi connectivity index (χ3n) is 3.04. The van der Waals surface area contributed by atoms with Crippen molar-refractivity contribution >= 4 is 50.8 Å². The van der Waals surface area contributed by atoms with Crippen LogP contribution in [-0.4, -0.2) is 15.9 Å². The molecule has 0 atom stereocenters. The highest BCUT2D eigenvalue weighted by atomic mass is 79.9. The quantitative estimate of drug-likeness (QED) is 0.835. The molecule has 0 bridgehead atoms. The molecule has 0 spiro atoms. The smallest absolute Gasteiger partial charge is 0.311 e. The summed E-state index contributed by atoms with van der Waals surface area (Å²) in [4.78, 5) is 16.3. The van der Waals surface area contributed by atoms with Crippen molar-refractivity contribution in [3.8, 4) is 18.2 Å². The van der Waals surface area contributed by atoms with Crippen molar-refractivity contribution in [2.75, 3.05) is 0 Å². The molecule has 0 radical (unpaired) electrons. The highest BCUT2D eigenvalue weighted by Gasteiger charge is 2.16. The maximum absolute atomic E-state index is 11.8. The number of hydrogen-bond donors (Lipinski definition) is 1. The Hall–Kier alpha value is -2.10. The van der Waals surface area contributed by atoms with Crippen molar-refractivity contribution < 1.29 is 5.11 Å². The van der Waals surface area contributed by atoms with E-state index in [0.717, 1.165) is 32.6 Å². The van der Waals surface area contributed by atoms with Gasteiger partial charge in [0.15, 0.2) is 0 Å². The second-order valence-electron chi connectivity index (χ2n) is 4.37. The van der Waals surface area contributed by atoms with Gasteiger partial charge in [-0.15, -0.1) is 6.42 Å². The summed E-state index contributed by atoms with van der Waals surface area (Å²) in [6, 6.07) is 5.77. The summed E-state index contributed by atoms with van der Waals surface area (Å²) in [5.41, 5.74) is 2.66. The van der Waals surface area contributed by atoms with Crippen LogP contribution < -0.4 is 4.87 Å². The van der Waals surface area contributed by atoms with Crippen LogP contribution in [0.2, 0.25) is 0 Å². The lowest BCUT2D eigenvalue weighted by Crippen LogP contribution is -2.10. The molecule has 0 aliphatic carbocycles. The number of nitrogens with zero attached hydrogens (tertiary/aromatic N) is 2. The lowest BCUT2D eigenvalue weighted by atomic mass is 10.1. The number of aromatic hydroxyl groups is 1. The summed E-state index contributed by atoms with van der Waals surface area (Å²) < 4.78 is 2.12. The van der Waals surface area contributed by atoms with E-state index in [0.29, 0.717) is 4.88 Å². The van der Waals surface area contributed by atoms with Gasteiger partial charge in [0.25, 0.3) is 0 Å². The molecule has 1 aromatic heterocycles. The molecule has 2 aromatic rings. The van der Waals surface area contributed by atoms with Crippen LogP contribution in [0.4, 0.5) is 5.69 Å². The third-order valence-corrected chi connectivity index (χ3v) is 4.45. The Morgan fingerprint density at radius 2 is 2.33 bits per heavy atom. The Morgan fingerprint density at radius 1 is 1.52 bits per heavy atom. The molecule has 6 heteroatoms. The first-order valence-corrected chi connectivity index (χ1v) is 7.63. The highest BCUT2D eigenvalue weighted by Crippen LogP contribution is 2.36. The second-order valence-corrected chi connectivity index (χ2v) is 6.27. The Bertz CT molecular complexity index is 884. The zero-order chi connectivity index (χ0) is 15.0. The van der Waals surface area contributed by atoms with E-state index in [4.69, 9.17) is 6.42 Å². The van der Waals surface area contributed by atoms with Crippen LogP contribution in [0.1, 0.15) is 10.4 Å². The van der Waals surface area contributed by atoms with Crippen molar-refractivity contribution in [2.24, 2.45) is 4.99 Å². The largest absolute Gasteiger partial charge is 0.493 e. The molecule has 1 aliphatic rings. The lowest BCUT2D eigenvalue weighted by molar-refractivity contribution is 0.423. The van der Waals surface area contributed by atoms with Crippen molar-refractivity contribution in [2.45, 2.75) is 6.54 Å². The van der Waals surface area contributed by atoms with E-state index in [9.17, 15) is 9.90 Å². The van der Waals surface area contributed by atoms with Gasteiger partial charge in [0.2, 0.25) is 5.88 Å². The van der Waals surface area contributed by atoms with E-state index in [1.165, 1.54) is 4.57 Å². The number of terminal acetylenes is 1. The molecule has 0 saturated heterocycles. The standard InChI is InChI=1S/C15H9BrN2O2S/c1-2-5-18-14(19)13(21-15(18)20)6-9-8-17-12-4-3-10(16)7-11(9)12/h1,3-4,6-8,19H,5H2/b9-6+. The fourth-order valence-electron chi connectivity index (χ4n) is 2.06. The van der Waals surface area contributed by atoms with Gasteiger partial charge in [-0.05, 0) is 24.3 Å². The number of halogens is 1. The Morgan fingerprint density at radius 3 is 3.10 bits per heavy atom. The minimum atomic E-state index is -0.276. The van der Waals surface area contributed by atoms with E-state index >= 15 is 0 Å². The fraction of sp³-hybridized carbons (Fsp3) is 0.0667. The van der Waals surface area contributed by atoms with E-state index in [1.54, 1.807) is 12.3 Å². The van der Waals surface area contributed by atoms with Gasteiger partial charge in [-0.2, -0.15) is 0 Å². The van der Waals surface area contributed by atoms with Crippen LogP contribution in [0, 0.1) is 12.3 Å². The molecule has 1 aliphatic heterocycles. The second kappa shape index (κ2) is 5.35. The van der Waals surface area contributed by atoms with E-state index in [-0.39, 0.29) is 17.3 Å². The number of thiazole rings is 1. The zero-order valence-electron chi connectivity index (χ0n) is 10.7. The molecule has 0 fully saturated rings. The highest BCUT2D eigenvalue weighted by molar-refractivity contribution is 9.10. The van der Waals surface area contributed by atoms with Crippen molar-refractivity contribution in [3.63, 3.8) is 0 Å². The van der Waals surface area contributed by atoms with Crippen LogP contribution in [-0.2, 0) is 6.54 Å². The summed E-state index contributed by atoms with van der Waals surface area (Å²) in [6.45, 7) is 0.0561.